The second-order valence-corrected chi connectivity index (χ2v) is 6.90. The molecule has 0 saturated heterocycles. The average Bonchev–Trinajstić information content (AvgIpc) is 2.61. The van der Waals surface area contributed by atoms with Crippen molar-refractivity contribution >= 4 is 39.9 Å². The van der Waals surface area contributed by atoms with E-state index in [-0.39, 0.29) is 23.0 Å². The monoisotopic (exact) mass is 367 g/mol. The third-order valence-electron chi connectivity index (χ3n) is 3.87. The molecule has 132 valence electrons. The molecule has 0 spiro atoms. The first-order valence-electron chi connectivity index (χ1n) is 7.98. The molecule has 0 saturated carbocycles. The molecule has 0 unspecified atom stereocenters. The number of benzene rings is 2. The zero-order valence-corrected chi connectivity index (χ0v) is 15.2. The van der Waals surface area contributed by atoms with Crippen molar-refractivity contribution in [2.24, 2.45) is 0 Å². The lowest BCUT2D eigenvalue weighted by molar-refractivity contribution is -0.384. The summed E-state index contributed by atoms with van der Waals surface area (Å²) in [5, 5.41) is 15.6. The Morgan fingerprint density at radius 2 is 1.96 bits per heavy atom. The lowest BCUT2D eigenvalue weighted by Crippen LogP contribution is -2.15. The summed E-state index contributed by atoms with van der Waals surface area (Å²) in [4.78, 5) is 27.4. The van der Waals surface area contributed by atoms with Crippen LogP contribution in [-0.4, -0.2) is 21.6 Å². The smallest absolute Gasteiger partial charge is 0.293 e. The summed E-state index contributed by atoms with van der Waals surface area (Å²) in [5.41, 5.74) is 2.83. The summed E-state index contributed by atoms with van der Waals surface area (Å²) < 4.78 is 0. The Bertz CT molecular complexity index is 1000. The zero-order valence-electron chi connectivity index (χ0n) is 14.4. The van der Waals surface area contributed by atoms with Crippen LogP contribution in [0.25, 0.3) is 10.9 Å². The Balaban J connectivity index is 1.71. The summed E-state index contributed by atoms with van der Waals surface area (Å²) in [7, 11) is 0. The number of nitrogens with one attached hydrogen (secondary N) is 1. The van der Waals surface area contributed by atoms with Gasteiger partial charge in [0.25, 0.3) is 5.69 Å². The molecule has 0 aliphatic rings. The molecule has 0 aliphatic carbocycles. The van der Waals surface area contributed by atoms with Gasteiger partial charge in [-0.15, -0.1) is 0 Å². The summed E-state index contributed by atoms with van der Waals surface area (Å²) >= 11 is 1.30. The molecule has 1 aromatic heterocycles. The number of fused-ring (bicyclic) bond motifs is 1. The van der Waals surface area contributed by atoms with E-state index in [1.807, 2.05) is 37.3 Å². The average molecular weight is 367 g/mol. The van der Waals surface area contributed by atoms with Gasteiger partial charge in [0.15, 0.2) is 0 Å². The minimum absolute atomic E-state index is 0.108. The fraction of sp³-hybridized carbons (Fsp3) is 0.158. The van der Waals surface area contributed by atoms with Crippen molar-refractivity contribution in [2.45, 2.75) is 18.9 Å². The number of para-hydroxylation sites is 1. The molecule has 3 rings (SSSR count). The molecule has 1 N–H and O–H groups in total. The fourth-order valence-electron chi connectivity index (χ4n) is 2.62. The van der Waals surface area contributed by atoms with E-state index in [1.54, 1.807) is 19.1 Å². The normalized spacial score (nSPS) is 10.7. The number of anilines is 1. The maximum absolute atomic E-state index is 12.2. The number of pyridine rings is 1. The van der Waals surface area contributed by atoms with Crippen LogP contribution in [0.4, 0.5) is 11.4 Å². The van der Waals surface area contributed by atoms with E-state index in [1.165, 1.54) is 17.8 Å². The molecule has 1 heterocycles. The number of amides is 1. The van der Waals surface area contributed by atoms with Gasteiger partial charge in [-0.2, -0.15) is 0 Å². The molecular formula is C19H17N3O3S. The highest BCUT2D eigenvalue weighted by molar-refractivity contribution is 7.99. The van der Waals surface area contributed by atoms with Crippen molar-refractivity contribution in [1.82, 2.24) is 4.98 Å². The molecular weight excluding hydrogens is 350 g/mol. The van der Waals surface area contributed by atoms with Gasteiger partial charge < -0.3 is 5.32 Å². The van der Waals surface area contributed by atoms with Crippen LogP contribution >= 0.6 is 11.8 Å². The highest BCUT2D eigenvalue weighted by Crippen LogP contribution is 2.27. The lowest BCUT2D eigenvalue weighted by Gasteiger charge is -2.08. The molecule has 3 aromatic rings. The second-order valence-electron chi connectivity index (χ2n) is 5.91. The summed E-state index contributed by atoms with van der Waals surface area (Å²) in [6, 6.07) is 14.5. The quantitative estimate of drug-likeness (QED) is 0.408. The number of carbonyl (C=O) groups excluding carboxylic acids is 1. The Morgan fingerprint density at radius 3 is 2.73 bits per heavy atom. The van der Waals surface area contributed by atoms with E-state index >= 15 is 0 Å². The van der Waals surface area contributed by atoms with Crippen molar-refractivity contribution in [3.05, 3.63) is 69.8 Å². The van der Waals surface area contributed by atoms with Crippen molar-refractivity contribution < 1.29 is 9.72 Å². The van der Waals surface area contributed by atoms with E-state index in [9.17, 15) is 14.9 Å². The number of hydrogen-bond donors (Lipinski definition) is 1. The number of carbonyl (C=O) groups is 1. The third-order valence-corrected chi connectivity index (χ3v) is 4.79. The van der Waals surface area contributed by atoms with Gasteiger partial charge in [-0.3, -0.25) is 14.9 Å². The zero-order chi connectivity index (χ0) is 18.7. The number of hydrogen-bond acceptors (Lipinski definition) is 5. The SMILES string of the molecule is Cc1ccc(NC(=O)CSc2cc(C)c3ccccc3n2)c([N+](=O)[O-])c1. The van der Waals surface area contributed by atoms with Gasteiger partial charge in [0.1, 0.15) is 5.69 Å². The fourth-order valence-corrected chi connectivity index (χ4v) is 3.39. The number of nitro groups is 1. The number of thioether (sulfide) groups is 1. The van der Waals surface area contributed by atoms with E-state index in [2.05, 4.69) is 10.3 Å². The van der Waals surface area contributed by atoms with E-state index < -0.39 is 4.92 Å². The van der Waals surface area contributed by atoms with Gasteiger partial charge >= 0.3 is 0 Å². The molecule has 1 amide bonds. The number of aromatic nitrogens is 1. The molecule has 26 heavy (non-hydrogen) atoms. The van der Waals surface area contributed by atoms with Crippen LogP contribution in [-0.2, 0) is 4.79 Å². The molecule has 0 aliphatic heterocycles. The topological polar surface area (TPSA) is 85.1 Å². The van der Waals surface area contributed by atoms with Crippen molar-refractivity contribution in [1.29, 1.82) is 0 Å². The maximum atomic E-state index is 12.2. The maximum Gasteiger partial charge on any atom is 0.293 e. The highest BCUT2D eigenvalue weighted by Gasteiger charge is 2.16. The van der Waals surface area contributed by atoms with Gasteiger partial charge in [-0.25, -0.2) is 4.98 Å². The van der Waals surface area contributed by atoms with Crippen LogP contribution in [0.1, 0.15) is 11.1 Å². The largest absolute Gasteiger partial charge is 0.320 e. The van der Waals surface area contributed by atoms with E-state index in [0.717, 1.165) is 27.1 Å². The molecule has 0 fully saturated rings. The third kappa shape index (κ3) is 4.00. The van der Waals surface area contributed by atoms with Gasteiger partial charge in [-0.1, -0.05) is 36.0 Å². The van der Waals surface area contributed by atoms with E-state index in [0.29, 0.717) is 0 Å². The molecule has 6 nitrogen and oxygen atoms in total. The van der Waals surface area contributed by atoms with Gasteiger partial charge in [-0.05, 0) is 43.2 Å². The first-order valence-corrected chi connectivity index (χ1v) is 8.96. The Labute approximate surface area is 154 Å². The second kappa shape index (κ2) is 7.53. The van der Waals surface area contributed by atoms with Crippen molar-refractivity contribution in [3.8, 4) is 0 Å². The van der Waals surface area contributed by atoms with Gasteiger partial charge in [0.2, 0.25) is 5.91 Å². The first kappa shape index (κ1) is 17.9. The van der Waals surface area contributed by atoms with Crippen LogP contribution in [0.15, 0.2) is 53.6 Å². The van der Waals surface area contributed by atoms with Crippen molar-refractivity contribution in [2.75, 3.05) is 11.1 Å². The van der Waals surface area contributed by atoms with Gasteiger partial charge in [0, 0.05) is 11.5 Å². The predicted octanol–water partition coefficient (Wildman–Crippen LogP) is 4.49. The first-order chi connectivity index (χ1) is 12.4. The molecule has 2 aromatic carbocycles. The number of aryl methyl sites for hydroxylation is 2. The number of nitro benzene ring substituents is 1. The summed E-state index contributed by atoms with van der Waals surface area (Å²) in [6.45, 7) is 3.77. The van der Waals surface area contributed by atoms with Crippen LogP contribution in [0.5, 0.6) is 0 Å². The molecule has 0 bridgehead atoms. The standard InChI is InChI=1S/C19H17N3O3S/c1-12-7-8-16(17(9-12)22(24)25)20-18(23)11-26-19-10-13(2)14-5-3-4-6-15(14)21-19/h3-10H,11H2,1-2H3,(H,20,23). The molecule has 7 heteroatoms. The molecule has 0 atom stereocenters. The minimum Gasteiger partial charge on any atom is -0.320 e. The number of nitrogens with zero attached hydrogens (tertiary/aromatic N) is 2. The lowest BCUT2D eigenvalue weighted by atomic mass is 10.1. The van der Waals surface area contributed by atoms with Crippen LogP contribution in [0.2, 0.25) is 0 Å². The van der Waals surface area contributed by atoms with Gasteiger partial charge in [0.05, 0.1) is 21.2 Å². The predicted molar refractivity (Wildman–Crippen MR) is 104 cm³/mol. The summed E-state index contributed by atoms with van der Waals surface area (Å²) in [5.74, 6) is -0.190. The molecule has 0 radical (unpaired) electrons. The Kier molecular flexibility index (Phi) is 5.18. The minimum atomic E-state index is -0.496. The number of rotatable bonds is 5. The van der Waals surface area contributed by atoms with Crippen molar-refractivity contribution in [3.63, 3.8) is 0 Å². The Morgan fingerprint density at radius 1 is 1.19 bits per heavy atom. The van der Waals surface area contributed by atoms with Crippen LogP contribution in [0, 0.1) is 24.0 Å². The Hall–Kier alpha value is -2.93. The van der Waals surface area contributed by atoms with Crippen LogP contribution in [0.3, 0.4) is 0 Å². The summed E-state index contributed by atoms with van der Waals surface area (Å²) in [6.07, 6.45) is 0. The highest BCUT2D eigenvalue weighted by atomic mass is 32.2. The van der Waals surface area contributed by atoms with E-state index in [4.69, 9.17) is 0 Å². The van der Waals surface area contributed by atoms with Crippen LogP contribution < -0.4 is 5.32 Å².